The Kier molecular flexibility index (Phi) is 1.74. The second-order valence-electron chi connectivity index (χ2n) is 3.57. The second-order valence-corrected chi connectivity index (χ2v) is 3.57. The quantitative estimate of drug-likeness (QED) is 0.648. The van der Waals surface area contributed by atoms with Crippen LogP contribution >= 0.6 is 0 Å². The summed E-state index contributed by atoms with van der Waals surface area (Å²) in [5.74, 6) is 2.78. The van der Waals surface area contributed by atoms with Gasteiger partial charge in [0.15, 0.2) is 0 Å². The van der Waals surface area contributed by atoms with Gasteiger partial charge in [0.25, 0.3) is 0 Å². The summed E-state index contributed by atoms with van der Waals surface area (Å²) in [5.41, 5.74) is 1.03. The Labute approximate surface area is 87.5 Å². The molecular formula is C11H11N3O. The lowest BCUT2D eigenvalue weighted by molar-refractivity contribution is 0.325. The average Bonchev–Trinajstić information content (AvgIpc) is 2.52. The van der Waals surface area contributed by atoms with E-state index in [2.05, 4.69) is 14.8 Å². The molecule has 0 aliphatic carbocycles. The predicted molar refractivity (Wildman–Crippen MR) is 55.3 cm³/mol. The van der Waals surface area contributed by atoms with Gasteiger partial charge in [-0.1, -0.05) is 12.1 Å². The number of rotatable bonds is 0. The fourth-order valence-corrected chi connectivity index (χ4v) is 1.90. The molecule has 1 aliphatic heterocycles. The normalized spacial score (nSPS) is 13.7. The lowest BCUT2D eigenvalue weighted by atomic mass is 10.3. The highest BCUT2D eigenvalue weighted by Gasteiger charge is 2.17. The van der Waals surface area contributed by atoms with Crippen molar-refractivity contribution < 1.29 is 4.74 Å². The van der Waals surface area contributed by atoms with E-state index in [1.54, 1.807) is 0 Å². The zero-order chi connectivity index (χ0) is 10.3. The molecule has 0 atom stereocenters. The summed E-state index contributed by atoms with van der Waals surface area (Å²) in [6, 6.07) is 7.98. The standard InChI is InChI=1S/C11H11N3O/c1-8-12-13-11-6-7-15-10-5-3-2-4-9(10)14(8)11/h2-5H,6-7H2,1H3. The topological polar surface area (TPSA) is 39.9 Å². The van der Waals surface area contributed by atoms with Crippen molar-refractivity contribution in [2.24, 2.45) is 0 Å². The maximum atomic E-state index is 5.66. The first-order chi connectivity index (χ1) is 7.36. The highest BCUT2D eigenvalue weighted by molar-refractivity contribution is 5.48. The third kappa shape index (κ3) is 1.21. The molecule has 0 bridgehead atoms. The number of fused-ring (bicyclic) bond motifs is 3. The van der Waals surface area contributed by atoms with Gasteiger partial charge in [0, 0.05) is 6.42 Å². The first-order valence-electron chi connectivity index (χ1n) is 4.99. The van der Waals surface area contributed by atoms with Crippen LogP contribution in [-0.2, 0) is 6.42 Å². The number of nitrogens with zero attached hydrogens (tertiary/aromatic N) is 3. The average molecular weight is 201 g/mol. The van der Waals surface area contributed by atoms with Crippen LogP contribution in [0.1, 0.15) is 11.6 Å². The fourth-order valence-electron chi connectivity index (χ4n) is 1.90. The van der Waals surface area contributed by atoms with Gasteiger partial charge in [-0.05, 0) is 19.1 Å². The van der Waals surface area contributed by atoms with Crippen molar-refractivity contribution in [2.75, 3.05) is 6.61 Å². The number of aryl methyl sites for hydroxylation is 1. The third-order valence-corrected chi connectivity index (χ3v) is 2.58. The molecule has 1 aromatic heterocycles. The molecule has 4 heteroatoms. The Bertz CT molecular complexity index is 504. The molecule has 0 saturated carbocycles. The Morgan fingerprint density at radius 2 is 2.13 bits per heavy atom. The lowest BCUT2D eigenvalue weighted by Gasteiger charge is -2.08. The van der Waals surface area contributed by atoms with Gasteiger partial charge >= 0.3 is 0 Å². The highest BCUT2D eigenvalue weighted by Crippen LogP contribution is 2.27. The third-order valence-electron chi connectivity index (χ3n) is 2.58. The van der Waals surface area contributed by atoms with Crippen LogP contribution in [0, 0.1) is 6.92 Å². The summed E-state index contributed by atoms with van der Waals surface area (Å²) < 4.78 is 7.71. The SMILES string of the molecule is Cc1nnc2n1-c1ccccc1OCC2. The van der Waals surface area contributed by atoms with Crippen LogP contribution in [0.5, 0.6) is 5.75 Å². The van der Waals surface area contributed by atoms with E-state index in [-0.39, 0.29) is 0 Å². The fraction of sp³-hybridized carbons (Fsp3) is 0.273. The van der Waals surface area contributed by atoms with Crippen LogP contribution in [0.3, 0.4) is 0 Å². The first kappa shape index (κ1) is 8.47. The van der Waals surface area contributed by atoms with E-state index < -0.39 is 0 Å². The van der Waals surface area contributed by atoms with E-state index in [4.69, 9.17) is 4.74 Å². The largest absolute Gasteiger partial charge is 0.491 e. The van der Waals surface area contributed by atoms with Crippen molar-refractivity contribution in [3.8, 4) is 11.4 Å². The summed E-state index contributed by atoms with van der Waals surface area (Å²) in [4.78, 5) is 0. The van der Waals surface area contributed by atoms with E-state index in [0.29, 0.717) is 6.61 Å². The smallest absolute Gasteiger partial charge is 0.143 e. The number of aromatic nitrogens is 3. The number of ether oxygens (including phenoxy) is 1. The summed E-state index contributed by atoms with van der Waals surface area (Å²) in [5, 5.41) is 8.24. The maximum absolute atomic E-state index is 5.66. The van der Waals surface area contributed by atoms with Gasteiger partial charge < -0.3 is 4.74 Å². The Morgan fingerprint density at radius 3 is 3.07 bits per heavy atom. The number of hydrogen-bond donors (Lipinski definition) is 0. The first-order valence-corrected chi connectivity index (χ1v) is 4.99. The molecule has 0 fully saturated rings. The second kappa shape index (κ2) is 3.08. The van der Waals surface area contributed by atoms with Crippen LogP contribution in [0.2, 0.25) is 0 Å². The molecule has 1 aromatic carbocycles. The molecule has 15 heavy (non-hydrogen) atoms. The van der Waals surface area contributed by atoms with Crippen molar-refractivity contribution in [1.29, 1.82) is 0 Å². The van der Waals surface area contributed by atoms with E-state index in [9.17, 15) is 0 Å². The summed E-state index contributed by atoms with van der Waals surface area (Å²) in [7, 11) is 0. The van der Waals surface area contributed by atoms with Gasteiger partial charge in [-0.15, -0.1) is 10.2 Å². The molecule has 0 saturated heterocycles. The molecule has 0 radical (unpaired) electrons. The molecule has 0 spiro atoms. The maximum Gasteiger partial charge on any atom is 0.143 e. The van der Waals surface area contributed by atoms with E-state index in [1.165, 1.54) is 0 Å². The van der Waals surface area contributed by atoms with E-state index in [0.717, 1.165) is 29.5 Å². The molecule has 4 nitrogen and oxygen atoms in total. The Balaban J connectivity index is 2.30. The van der Waals surface area contributed by atoms with Crippen molar-refractivity contribution in [2.45, 2.75) is 13.3 Å². The minimum atomic E-state index is 0.662. The van der Waals surface area contributed by atoms with Crippen molar-refractivity contribution in [3.63, 3.8) is 0 Å². The zero-order valence-corrected chi connectivity index (χ0v) is 8.47. The monoisotopic (exact) mass is 201 g/mol. The molecule has 0 unspecified atom stereocenters. The van der Waals surface area contributed by atoms with E-state index in [1.807, 2.05) is 31.2 Å². The van der Waals surface area contributed by atoms with Crippen LogP contribution < -0.4 is 4.74 Å². The molecule has 1 aliphatic rings. The molecule has 76 valence electrons. The van der Waals surface area contributed by atoms with Gasteiger partial charge in [-0.3, -0.25) is 4.57 Å². The van der Waals surface area contributed by atoms with Crippen LogP contribution in [0.15, 0.2) is 24.3 Å². The zero-order valence-electron chi connectivity index (χ0n) is 8.47. The van der Waals surface area contributed by atoms with Crippen molar-refractivity contribution >= 4 is 0 Å². The van der Waals surface area contributed by atoms with Crippen molar-refractivity contribution in [3.05, 3.63) is 35.9 Å². The van der Waals surface area contributed by atoms with Gasteiger partial charge in [0.2, 0.25) is 0 Å². The van der Waals surface area contributed by atoms with E-state index >= 15 is 0 Å². The van der Waals surface area contributed by atoms with Crippen LogP contribution in [0.4, 0.5) is 0 Å². The molecular weight excluding hydrogens is 190 g/mol. The Hall–Kier alpha value is -1.84. The lowest BCUT2D eigenvalue weighted by Crippen LogP contribution is -2.01. The molecule has 0 N–H and O–H groups in total. The molecule has 2 heterocycles. The summed E-state index contributed by atoms with van der Waals surface area (Å²) in [6.07, 6.45) is 0.801. The van der Waals surface area contributed by atoms with Gasteiger partial charge in [0.1, 0.15) is 17.4 Å². The number of hydrogen-bond acceptors (Lipinski definition) is 3. The molecule has 2 aromatic rings. The number of benzene rings is 1. The Morgan fingerprint density at radius 1 is 1.27 bits per heavy atom. The number of para-hydroxylation sites is 2. The minimum Gasteiger partial charge on any atom is -0.491 e. The summed E-state index contributed by atoms with van der Waals surface area (Å²) >= 11 is 0. The highest BCUT2D eigenvalue weighted by atomic mass is 16.5. The molecule has 0 amide bonds. The summed E-state index contributed by atoms with van der Waals surface area (Å²) in [6.45, 7) is 2.62. The molecule has 3 rings (SSSR count). The van der Waals surface area contributed by atoms with Crippen LogP contribution in [0.25, 0.3) is 5.69 Å². The predicted octanol–water partition coefficient (Wildman–Crippen LogP) is 1.51. The van der Waals surface area contributed by atoms with Gasteiger partial charge in [-0.25, -0.2) is 0 Å². The van der Waals surface area contributed by atoms with Crippen LogP contribution in [-0.4, -0.2) is 21.4 Å². The minimum absolute atomic E-state index is 0.662. The van der Waals surface area contributed by atoms with Gasteiger partial charge in [-0.2, -0.15) is 0 Å². The van der Waals surface area contributed by atoms with Gasteiger partial charge in [0.05, 0.1) is 12.3 Å². The van der Waals surface area contributed by atoms with Crippen molar-refractivity contribution in [1.82, 2.24) is 14.8 Å².